The van der Waals surface area contributed by atoms with Crippen molar-refractivity contribution in [2.45, 2.75) is 31.1 Å². The molecule has 1 aromatic carbocycles. The van der Waals surface area contributed by atoms with Gasteiger partial charge in [-0.2, -0.15) is 0 Å². The molecule has 0 fully saturated rings. The molecule has 0 saturated heterocycles. The number of nitrogens with zero attached hydrogens (tertiary/aromatic N) is 1. The first-order valence-corrected chi connectivity index (χ1v) is 9.55. The maximum absolute atomic E-state index is 12.1. The standard InChI is InChI=1S/C17H29N3O2S.HI/c1-3-4-13-22-14-8-11-19-17(18-2)20-12-15-23(21)16-9-6-5-7-10-16;/h5-7,9-10H,3-4,8,11-15H2,1-2H3,(H2,18,19,20);1H. The van der Waals surface area contributed by atoms with Crippen molar-refractivity contribution < 1.29 is 8.95 Å². The lowest BCUT2D eigenvalue weighted by atomic mass is 10.4. The minimum absolute atomic E-state index is 0. The van der Waals surface area contributed by atoms with Gasteiger partial charge in [-0.05, 0) is 25.0 Å². The lowest BCUT2D eigenvalue weighted by molar-refractivity contribution is 0.129. The van der Waals surface area contributed by atoms with Gasteiger partial charge in [-0.1, -0.05) is 31.5 Å². The second kappa shape index (κ2) is 15.8. The highest BCUT2D eigenvalue weighted by Gasteiger charge is 2.03. The van der Waals surface area contributed by atoms with E-state index in [1.54, 1.807) is 7.05 Å². The molecule has 1 unspecified atom stereocenters. The van der Waals surface area contributed by atoms with Gasteiger partial charge >= 0.3 is 0 Å². The van der Waals surface area contributed by atoms with Crippen LogP contribution in [-0.2, 0) is 15.5 Å². The normalized spacial score (nSPS) is 12.3. The van der Waals surface area contributed by atoms with Gasteiger partial charge in [0, 0.05) is 44.0 Å². The van der Waals surface area contributed by atoms with Gasteiger partial charge in [0.05, 0.1) is 10.8 Å². The van der Waals surface area contributed by atoms with Gasteiger partial charge in [-0.15, -0.1) is 24.0 Å². The molecule has 0 amide bonds. The maximum Gasteiger partial charge on any atom is 0.191 e. The molecule has 0 spiro atoms. The van der Waals surface area contributed by atoms with E-state index in [1.807, 2.05) is 30.3 Å². The lowest BCUT2D eigenvalue weighted by Gasteiger charge is -2.12. The fraction of sp³-hybridized carbons (Fsp3) is 0.588. The van der Waals surface area contributed by atoms with E-state index in [-0.39, 0.29) is 24.0 Å². The van der Waals surface area contributed by atoms with E-state index in [4.69, 9.17) is 4.74 Å². The van der Waals surface area contributed by atoms with Gasteiger partial charge in [0.25, 0.3) is 0 Å². The largest absolute Gasteiger partial charge is 0.381 e. The van der Waals surface area contributed by atoms with Crippen LogP contribution < -0.4 is 10.6 Å². The number of benzene rings is 1. The first-order valence-electron chi connectivity index (χ1n) is 8.23. The predicted molar refractivity (Wildman–Crippen MR) is 113 cm³/mol. The zero-order valence-electron chi connectivity index (χ0n) is 14.6. The lowest BCUT2D eigenvalue weighted by Crippen LogP contribution is -2.39. The van der Waals surface area contributed by atoms with Crippen molar-refractivity contribution in [2.75, 3.05) is 39.1 Å². The van der Waals surface area contributed by atoms with E-state index in [0.29, 0.717) is 12.3 Å². The summed E-state index contributed by atoms with van der Waals surface area (Å²) >= 11 is 0. The van der Waals surface area contributed by atoms with E-state index >= 15 is 0 Å². The summed E-state index contributed by atoms with van der Waals surface area (Å²) in [6.07, 6.45) is 3.23. The Morgan fingerprint density at radius 1 is 1.12 bits per heavy atom. The summed E-state index contributed by atoms with van der Waals surface area (Å²) in [5.74, 6) is 1.30. The molecular formula is C17H30IN3O2S. The van der Waals surface area contributed by atoms with E-state index in [1.165, 1.54) is 6.42 Å². The molecule has 1 aromatic rings. The predicted octanol–water partition coefficient (Wildman–Crippen LogP) is 2.78. The summed E-state index contributed by atoms with van der Waals surface area (Å²) in [6.45, 7) is 5.20. The third-order valence-electron chi connectivity index (χ3n) is 3.21. The summed E-state index contributed by atoms with van der Waals surface area (Å²) in [5, 5.41) is 6.42. The number of hydrogen-bond acceptors (Lipinski definition) is 3. The van der Waals surface area contributed by atoms with E-state index in [2.05, 4.69) is 22.5 Å². The highest BCUT2D eigenvalue weighted by Crippen LogP contribution is 2.04. The molecule has 7 heteroatoms. The Morgan fingerprint density at radius 2 is 1.79 bits per heavy atom. The first-order chi connectivity index (χ1) is 11.3. The van der Waals surface area contributed by atoms with Crippen molar-refractivity contribution in [3.05, 3.63) is 30.3 Å². The van der Waals surface area contributed by atoms with Gasteiger partial charge in [-0.25, -0.2) is 0 Å². The Kier molecular flexibility index (Phi) is 15.4. The summed E-state index contributed by atoms with van der Waals surface area (Å²) in [7, 11) is 0.758. The zero-order valence-corrected chi connectivity index (χ0v) is 17.8. The SMILES string of the molecule is CCCCOCCCNC(=NC)NCCS(=O)c1ccccc1.I. The molecule has 0 radical (unpaired) electrons. The topological polar surface area (TPSA) is 62.7 Å². The molecule has 0 bridgehead atoms. The summed E-state index contributed by atoms with van der Waals surface area (Å²) in [4.78, 5) is 5.02. The van der Waals surface area contributed by atoms with Crippen molar-refractivity contribution in [3.63, 3.8) is 0 Å². The van der Waals surface area contributed by atoms with Crippen LogP contribution in [0.25, 0.3) is 0 Å². The van der Waals surface area contributed by atoms with Crippen LogP contribution in [0.3, 0.4) is 0 Å². The van der Waals surface area contributed by atoms with Gasteiger partial charge in [0.1, 0.15) is 0 Å². The number of nitrogens with one attached hydrogen (secondary N) is 2. The van der Waals surface area contributed by atoms with E-state index in [9.17, 15) is 4.21 Å². The number of ether oxygens (including phenoxy) is 1. The Labute approximate surface area is 165 Å². The molecule has 24 heavy (non-hydrogen) atoms. The molecule has 5 nitrogen and oxygen atoms in total. The number of unbranched alkanes of at least 4 members (excludes halogenated alkanes) is 1. The molecule has 0 aliphatic rings. The molecule has 0 aliphatic heterocycles. The third-order valence-corrected chi connectivity index (χ3v) is 4.58. The molecule has 0 aromatic heterocycles. The zero-order chi connectivity index (χ0) is 16.8. The van der Waals surface area contributed by atoms with Crippen LogP contribution in [0, 0.1) is 0 Å². The fourth-order valence-corrected chi connectivity index (χ4v) is 2.89. The maximum atomic E-state index is 12.1. The van der Waals surface area contributed by atoms with Crippen LogP contribution in [0.5, 0.6) is 0 Å². The molecule has 1 atom stereocenters. The Morgan fingerprint density at radius 3 is 2.46 bits per heavy atom. The fourth-order valence-electron chi connectivity index (χ4n) is 1.90. The molecule has 0 heterocycles. The molecule has 0 saturated carbocycles. The number of guanidine groups is 1. The number of aliphatic imine (C=N–C) groups is 1. The highest BCUT2D eigenvalue weighted by atomic mass is 127. The Hall–Kier alpha value is -0.670. The van der Waals surface area contributed by atoms with Gasteiger partial charge < -0.3 is 15.4 Å². The van der Waals surface area contributed by atoms with Gasteiger partial charge in [-0.3, -0.25) is 9.20 Å². The van der Waals surface area contributed by atoms with Crippen LogP contribution in [-0.4, -0.2) is 49.3 Å². The molecule has 2 N–H and O–H groups in total. The van der Waals surface area contributed by atoms with Crippen molar-refractivity contribution in [2.24, 2.45) is 4.99 Å². The van der Waals surface area contributed by atoms with Crippen LogP contribution in [0.15, 0.2) is 40.2 Å². The summed E-state index contributed by atoms with van der Waals surface area (Å²) in [5.41, 5.74) is 0. The molecule has 138 valence electrons. The molecule has 1 rings (SSSR count). The van der Waals surface area contributed by atoms with Crippen molar-refractivity contribution in [1.82, 2.24) is 10.6 Å². The highest BCUT2D eigenvalue weighted by molar-refractivity contribution is 14.0. The van der Waals surface area contributed by atoms with Gasteiger partial charge in [0.15, 0.2) is 5.96 Å². The summed E-state index contributed by atoms with van der Waals surface area (Å²) < 4.78 is 17.6. The van der Waals surface area contributed by atoms with Gasteiger partial charge in [0.2, 0.25) is 0 Å². The van der Waals surface area contributed by atoms with Crippen LogP contribution in [0.4, 0.5) is 0 Å². The average Bonchev–Trinajstić information content (AvgIpc) is 2.60. The minimum Gasteiger partial charge on any atom is -0.381 e. The number of rotatable bonds is 11. The van der Waals surface area contributed by atoms with Crippen molar-refractivity contribution >= 4 is 40.7 Å². The van der Waals surface area contributed by atoms with Crippen molar-refractivity contribution in [1.29, 1.82) is 0 Å². The van der Waals surface area contributed by atoms with Crippen molar-refractivity contribution in [3.8, 4) is 0 Å². The Bertz CT molecular complexity index is 472. The second-order valence-corrected chi connectivity index (χ2v) is 6.68. The second-order valence-electron chi connectivity index (χ2n) is 5.11. The van der Waals surface area contributed by atoms with Crippen LogP contribution in [0.2, 0.25) is 0 Å². The number of halogens is 1. The van der Waals surface area contributed by atoms with Crippen LogP contribution >= 0.6 is 24.0 Å². The summed E-state index contributed by atoms with van der Waals surface area (Å²) in [6, 6.07) is 9.52. The third kappa shape index (κ3) is 11.0. The van der Waals surface area contributed by atoms with E-state index < -0.39 is 10.8 Å². The minimum atomic E-state index is -0.979. The average molecular weight is 467 g/mol. The monoisotopic (exact) mass is 467 g/mol. The smallest absolute Gasteiger partial charge is 0.191 e. The number of hydrogen-bond donors (Lipinski definition) is 2. The quantitative estimate of drug-likeness (QED) is 0.228. The van der Waals surface area contributed by atoms with Crippen LogP contribution in [0.1, 0.15) is 26.2 Å². The molecular weight excluding hydrogens is 437 g/mol. The Balaban J connectivity index is 0.00000529. The first kappa shape index (κ1) is 23.3. The molecule has 0 aliphatic carbocycles. The van der Waals surface area contributed by atoms with E-state index in [0.717, 1.165) is 43.5 Å².